The quantitative estimate of drug-likeness (QED) is 0.742. The lowest BCUT2D eigenvalue weighted by molar-refractivity contribution is -0.123. The Hall–Kier alpha value is -2.33. The molecule has 29 heavy (non-hydrogen) atoms. The number of carbonyl (C=O) groups is 1. The van der Waals surface area contributed by atoms with Gasteiger partial charge in [0.25, 0.3) is 5.91 Å². The van der Waals surface area contributed by atoms with Gasteiger partial charge in [0.1, 0.15) is 5.75 Å². The number of nitrogens with one attached hydrogen (secondary N) is 1. The molecule has 1 N–H and O–H groups in total. The Kier molecular flexibility index (Phi) is 7.32. The number of nitrogens with zero attached hydrogens (tertiary/aromatic N) is 1. The monoisotopic (exact) mass is 394 g/mol. The van der Waals surface area contributed by atoms with Crippen LogP contribution in [0.4, 0.5) is 0 Å². The van der Waals surface area contributed by atoms with Crippen molar-refractivity contribution in [3.63, 3.8) is 0 Å². The molecule has 2 aromatic carbocycles. The van der Waals surface area contributed by atoms with E-state index in [4.69, 9.17) is 4.74 Å². The van der Waals surface area contributed by atoms with Gasteiger partial charge in [-0.25, -0.2) is 0 Å². The molecule has 1 aliphatic heterocycles. The standard InChI is InChI=1S/C25H34N2O2/c1-25(2,3)22-10-12-23(13-11-22)29-19-24(28)26-17-20-8-7-9-21(16-20)18-27-14-5-4-6-15-27/h7-13,16H,4-6,14-15,17-19H2,1-3H3,(H,26,28). The smallest absolute Gasteiger partial charge is 0.258 e. The number of likely N-dealkylation sites (tertiary alicyclic amines) is 1. The zero-order valence-electron chi connectivity index (χ0n) is 18.0. The van der Waals surface area contributed by atoms with Gasteiger partial charge in [0.05, 0.1) is 0 Å². The molecule has 0 spiro atoms. The number of rotatable bonds is 7. The molecule has 1 aliphatic rings. The molecule has 4 nitrogen and oxygen atoms in total. The third-order valence-electron chi connectivity index (χ3n) is 5.43. The van der Waals surface area contributed by atoms with Crippen LogP contribution in [-0.2, 0) is 23.3 Å². The van der Waals surface area contributed by atoms with E-state index in [9.17, 15) is 4.79 Å². The maximum Gasteiger partial charge on any atom is 0.258 e. The van der Waals surface area contributed by atoms with Crippen LogP contribution in [0.1, 0.15) is 56.7 Å². The Labute approximate surface area is 175 Å². The van der Waals surface area contributed by atoms with E-state index in [1.54, 1.807) is 0 Å². The second-order valence-electron chi connectivity index (χ2n) is 9.00. The Bertz CT molecular complexity index is 787. The molecule has 2 aromatic rings. The van der Waals surface area contributed by atoms with Crippen LogP contribution in [0, 0.1) is 0 Å². The normalized spacial score (nSPS) is 15.1. The van der Waals surface area contributed by atoms with Crippen molar-refractivity contribution in [2.45, 2.75) is 58.5 Å². The van der Waals surface area contributed by atoms with Crippen molar-refractivity contribution in [1.29, 1.82) is 0 Å². The predicted molar refractivity (Wildman–Crippen MR) is 118 cm³/mol. The SMILES string of the molecule is CC(C)(C)c1ccc(OCC(=O)NCc2cccc(CN3CCCCC3)c2)cc1. The summed E-state index contributed by atoms with van der Waals surface area (Å²) in [5.41, 5.74) is 3.80. The molecule has 1 heterocycles. The van der Waals surface area contributed by atoms with Crippen LogP contribution in [0.25, 0.3) is 0 Å². The van der Waals surface area contributed by atoms with Crippen LogP contribution in [0.15, 0.2) is 48.5 Å². The van der Waals surface area contributed by atoms with Gasteiger partial charge in [0.2, 0.25) is 0 Å². The highest BCUT2D eigenvalue weighted by Gasteiger charge is 2.13. The van der Waals surface area contributed by atoms with E-state index in [0.29, 0.717) is 6.54 Å². The first-order chi connectivity index (χ1) is 13.9. The van der Waals surface area contributed by atoms with Crippen LogP contribution >= 0.6 is 0 Å². The number of carbonyl (C=O) groups excluding carboxylic acids is 1. The molecule has 3 rings (SSSR count). The van der Waals surface area contributed by atoms with E-state index < -0.39 is 0 Å². The number of piperidine rings is 1. The summed E-state index contributed by atoms with van der Waals surface area (Å²) in [6.45, 7) is 10.5. The second kappa shape index (κ2) is 9.93. The summed E-state index contributed by atoms with van der Waals surface area (Å²) in [6, 6.07) is 16.5. The maximum atomic E-state index is 12.2. The fourth-order valence-electron chi connectivity index (χ4n) is 3.67. The summed E-state index contributed by atoms with van der Waals surface area (Å²) in [4.78, 5) is 14.7. The first kappa shape index (κ1) is 21.4. The topological polar surface area (TPSA) is 41.6 Å². The lowest BCUT2D eigenvalue weighted by atomic mass is 9.87. The van der Waals surface area contributed by atoms with Crippen molar-refractivity contribution in [2.75, 3.05) is 19.7 Å². The summed E-state index contributed by atoms with van der Waals surface area (Å²) < 4.78 is 5.63. The van der Waals surface area contributed by atoms with Crippen molar-refractivity contribution < 1.29 is 9.53 Å². The third-order valence-corrected chi connectivity index (χ3v) is 5.43. The fourth-order valence-corrected chi connectivity index (χ4v) is 3.67. The predicted octanol–water partition coefficient (Wildman–Crippen LogP) is 4.67. The number of benzene rings is 2. The molecule has 1 saturated heterocycles. The average molecular weight is 395 g/mol. The molecular formula is C25H34N2O2. The van der Waals surface area contributed by atoms with Crippen LogP contribution in [0.3, 0.4) is 0 Å². The third kappa shape index (κ3) is 6.90. The number of amides is 1. The molecule has 1 fully saturated rings. The molecule has 0 unspecified atom stereocenters. The molecule has 0 aromatic heterocycles. The van der Waals surface area contributed by atoms with E-state index in [-0.39, 0.29) is 17.9 Å². The van der Waals surface area contributed by atoms with Gasteiger partial charge in [-0.3, -0.25) is 9.69 Å². The van der Waals surface area contributed by atoms with Crippen molar-refractivity contribution in [3.8, 4) is 5.75 Å². The highest BCUT2D eigenvalue weighted by molar-refractivity contribution is 5.77. The average Bonchev–Trinajstić information content (AvgIpc) is 2.71. The first-order valence-electron chi connectivity index (χ1n) is 10.7. The van der Waals surface area contributed by atoms with Crippen LogP contribution in [-0.4, -0.2) is 30.5 Å². The summed E-state index contributed by atoms with van der Waals surface area (Å²) in [5.74, 6) is 0.614. The van der Waals surface area contributed by atoms with Crippen LogP contribution in [0.2, 0.25) is 0 Å². The van der Waals surface area contributed by atoms with Gasteiger partial charge in [0.15, 0.2) is 6.61 Å². The van der Waals surface area contributed by atoms with Gasteiger partial charge in [-0.1, -0.05) is 63.6 Å². The van der Waals surface area contributed by atoms with E-state index in [0.717, 1.165) is 17.9 Å². The molecule has 1 amide bonds. The number of hydrogen-bond acceptors (Lipinski definition) is 3. The van der Waals surface area contributed by atoms with Gasteiger partial charge in [0, 0.05) is 13.1 Å². The van der Waals surface area contributed by atoms with Crippen LogP contribution < -0.4 is 10.1 Å². The molecule has 0 saturated carbocycles. The number of ether oxygens (including phenoxy) is 1. The fraction of sp³-hybridized carbons (Fsp3) is 0.480. The molecule has 0 aliphatic carbocycles. The van der Waals surface area contributed by atoms with Crippen molar-refractivity contribution in [2.24, 2.45) is 0 Å². The summed E-state index contributed by atoms with van der Waals surface area (Å²) >= 11 is 0. The van der Waals surface area contributed by atoms with Gasteiger partial charge in [-0.05, 0) is 60.2 Å². The van der Waals surface area contributed by atoms with Gasteiger partial charge < -0.3 is 10.1 Å². The summed E-state index contributed by atoms with van der Waals surface area (Å²) in [6.07, 6.45) is 3.95. The van der Waals surface area contributed by atoms with Crippen molar-refractivity contribution in [3.05, 3.63) is 65.2 Å². The summed E-state index contributed by atoms with van der Waals surface area (Å²) in [5, 5.41) is 2.96. The van der Waals surface area contributed by atoms with Gasteiger partial charge >= 0.3 is 0 Å². The molecular weight excluding hydrogens is 360 g/mol. The summed E-state index contributed by atoms with van der Waals surface area (Å²) in [7, 11) is 0. The minimum absolute atomic E-state index is 0.0301. The Morgan fingerprint density at radius 3 is 2.38 bits per heavy atom. The zero-order chi connectivity index (χ0) is 20.7. The highest BCUT2D eigenvalue weighted by Crippen LogP contribution is 2.24. The largest absolute Gasteiger partial charge is 0.484 e. The second-order valence-corrected chi connectivity index (χ2v) is 9.00. The Balaban J connectivity index is 1.43. The molecule has 0 atom stereocenters. The zero-order valence-corrected chi connectivity index (χ0v) is 18.0. The van der Waals surface area contributed by atoms with E-state index >= 15 is 0 Å². The van der Waals surface area contributed by atoms with Crippen molar-refractivity contribution in [1.82, 2.24) is 10.2 Å². The molecule has 0 bridgehead atoms. The molecule has 4 heteroatoms. The van der Waals surface area contributed by atoms with Gasteiger partial charge in [-0.15, -0.1) is 0 Å². The lowest BCUT2D eigenvalue weighted by Crippen LogP contribution is -2.29. The molecule has 0 radical (unpaired) electrons. The Morgan fingerprint density at radius 1 is 1.00 bits per heavy atom. The maximum absolute atomic E-state index is 12.2. The highest BCUT2D eigenvalue weighted by atomic mass is 16.5. The Morgan fingerprint density at radius 2 is 1.69 bits per heavy atom. The lowest BCUT2D eigenvalue weighted by Gasteiger charge is -2.26. The minimum atomic E-state index is -0.105. The van der Waals surface area contributed by atoms with E-state index in [1.807, 2.05) is 12.1 Å². The van der Waals surface area contributed by atoms with Crippen LogP contribution in [0.5, 0.6) is 5.75 Å². The molecule has 156 valence electrons. The number of hydrogen-bond donors (Lipinski definition) is 1. The van der Waals surface area contributed by atoms with Crippen molar-refractivity contribution >= 4 is 5.91 Å². The minimum Gasteiger partial charge on any atom is -0.484 e. The van der Waals surface area contributed by atoms with Gasteiger partial charge in [-0.2, -0.15) is 0 Å². The van der Waals surface area contributed by atoms with E-state index in [1.165, 1.54) is 43.5 Å². The first-order valence-corrected chi connectivity index (χ1v) is 10.7. The van der Waals surface area contributed by atoms with E-state index in [2.05, 4.69) is 67.4 Å².